The number of nitrogens with zero attached hydrogens (tertiary/aromatic N) is 2. The van der Waals surface area contributed by atoms with Crippen LogP contribution in [0.1, 0.15) is 32.8 Å². The van der Waals surface area contributed by atoms with Gasteiger partial charge in [-0.15, -0.1) is 0 Å². The summed E-state index contributed by atoms with van der Waals surface area (Å²) < 4.78 is 0. The molecule has 1 amide bonds. The minimum atomic E-state index is -0.469. The number of benzene rings is 1. The van der Waals surface area contributed by atoms with E-state index < -0.39 is 4.92 Å². The minimum Gasteiger partial charge on any atom is -0.273 e. The fourth-order valence-corrected chi connectivity index (χ4v) is 1.75. The summed E-state index contributed by atoms with van der Waals surface area (Å²) in [6, 6.07) is 5.91. The normalized spacial score (nSPS) is 11.5. The van der Waals surface area contributed by atoms with Gasteiger partial charge in [-0.05, 0) is 24.8 Å². The highest BCUT2D eigenvalue weighted by atomic mass is 16.6. The third kappa shape index (κ3) is 5.60. The molecule has 0 aliphatic heterocycles. The van der Waals surface area contributed by atoms with Crippen molar-refractivity contribution in [3.05, 3.63) is 39.9 Å². The molecule has 0 unspecified atom stereocenters. The predicted octanol–water partition coefficient (Wildman–Crippen LogP) is 2.68. The molecule has 0 aliphatic carbocycles. The maximum Gasteiger partial charge on any atom is 0.269 e. The van der Waals surface area contributed by atoms with Crippen molar-refractivity contribution in [2.45, 2.75) is 33.6 Å². The van der Waals surface area contributed by atoms with E-state index in [0.717, 1.165) is 12.1 Å². The summed E-state index contributed by atoms with van der Waals surface area (Å²) in [5.41, 5.74) is 4.09. The van der Waals surface area contributed by atoms with Crippen LogP contribution >= 0.6 is 0 Å². The Bertz CT molecular complexity index is 507. The van der Waals surface area contributed by atoms with Crippen molar-refractivity contribution in [2.24, 2.45) is 11.0 Å². The highest BCUT2D eigenvalue weighted by Crippen LogP contribution is 2.12. The van der Waals surface area contributed by atoms with Crippen molar-refractivity contribution >= 4 is 17.3 Å². The van der Waals surface area contributed by atoms with Crippen LogP contribution in [-0.4, -0.2) is 16.5 Å². The molecule has 0 heterocycles. The number of nitro groups is 1. The van der Waals surface area contributed by atoms with E-state index in [9.17, 15) is 14.9 Å². The van der Waals surface area contributed by atoms with Crippen LogP contribution in [0.2, 0.25) is 0 Å². The molecule has 1 aromatic rings. The number of nitrogens with one attached hydrogen (secondary N) is 1. The lowest BCUT2D eigenvalue weighted by Gasteiger charge is -2.05. The van der Waals surface area contributed by atoms with Crippen LogP contribution in [0.4, 0.5) is 5.69 Å². The van der Waals surface area contributed by atoms with Crippen LogP contribution in [0.3, 0.4) is 0 Å². The Morgan fingerprint density at radius 3 is 2.45 bits per heavy atom. The Kier molecular flexibility index (Phi) is 5.83. The summed E-state index contributed by atoms with van der Waals surface area (Å²) in [6.07, 6.45) is 0.980. The number of hydrogen-bond acceptors (Lipinski definition) is 4. The van der Waals surface area contributed by atoms with Crippen molar-refractivity contribution in [1.82, 2.24) is 5.43 Å². The first-order chi connectivity index (χ1) is 9.38. The molecule has 0 fully saturated rings. The average Bonchev–Trinajstić information content (AvgIpc) is 2.36. The second-order valence-corrected chi connectivity index (χ2v) is 5.08. The summed E-state index contributed by atoms with van der Waals surface area (Å²) in [7, 11) is 0. The van der Waals surface area contributed by atoms with Gasteiger partial charge in [-0.25, -0.2) is 5.43 Å². The lowest BCUT2D eigenvalue weighted by Crippen LogP contribution is -2.21. The molecule has 0 aromatic heterocycles. The van der Waals surface area contributed by atoms with Crippen LogP contribution in [0, 0.1) is 16.0 Å². The van der Waals surface area contributed by atoms with Gasteiger partial charge in [0.2, 0.25) is 5.91 Å². The van der Waals surface area contributed by atoms with Crippen LogP contribution in [0.5, 0.6) is 0 Å². The molecule has 0 saturated carbocycles. The van der Waals surface area contributed by atoms with Crippen molar-refractivity contribution in [3.63, 3.8) is 0 Å². The molecule has 0 saturated heterocycles. The maximum absolute atomic E-state index is 11.7. The molecular weight excluding hydrogens is 258 g/mol. The molecule has 0 bridgehead atoms. The van der Waals surface area contributed by atoms with E-state index in [1.165, 1.54) is 12.1 Å². The summed E-state index contributed by atoms with van der Waals surface area (Å²) in [5, 5.41) is 14.5. The largest absolute Gasteiger partial charge is 0.273 e. The first kappa shape index (κ1) is 15.8. The van der Waals surface area contributed by atoms with Crippen molar-refractivity contribution in [2.75, 3.05) is 0 Å². The zero-order valence-corrected chi connectivity index (χ0v) is 11.9. The van der Waals surface area contributed by atoms with Crippen molar-refractivity contribution in [1.29, 1.82) is 0 Å². The standard InChI is InChI=1S/C14H19N3O3/c1-10(2)8-11(3)15-16-14(18)9-12-4-6-13(7-5-12)17(19)20/h4-7,10H,8-9H2,1-3H3,(H,16,18). The van der Waals surface area contributed by atoms with Crippen LogP contribution < -0.4 is 5.43 Å². The van der Waals surface area contributed by atoms with E-state index in [4.69, 9.17) is 0 Å². The van der Waals surface area contributed by atoms with Gasteiger partial charge in [0.25, 0.3) is 5.69 Å². The zero-order chi connectivity index (χ0) is 15.1. The van der Waals surface area contributed by atoms with Crippen molar-refractivity contribution in [3.8, 4) is 0 Å². The van der Waals surface area contributed by atoms with E-state index in [-0.39, 0.29) is 18.0 Å². The van der Waals surface area contributed by atoms with Gasteiger partial charge in [-0.3, -0.25) is 14.9 Å². The fourth-order valence-electron chi connectivity index (χ4n) is 1.75. The smallest absolute Gasteiger partial charge is 0.269 e. The Morgan fingerprint density at radius 1 is 1.35 bits per heavy atom. The molecule has 0 spiro atoms. The molecule has 6 nitrogen and oxygen atoms in total. The van der Waals surface area contributed by atoms with Gasteiger partial charge in [0.15, 0.2) is 0 Å². The number of hydrogen-bond donors (Lipinski definition) is 1. The zero-order valence-electron chi connectivity index (χ0n) is 11.9. The SMILES string of the molecule is CC(CC(C)C)=NNC(=O)Cc1ccc([N+](=O)[O-])cc1. The molecule has 1 N–H and O–H groups in total. The molecular formula is C14H19N3O3. The number of hydrazone groups is 1. The van der Waals surface area contributed by atoms with Gasteiger partial charge in [-0.2, -0.15) is 5.10 Å². The molecule has 1 aromatic carbocycles. The molecule has 1 rings (SSSR count). The first-order valence-corrected chi connectivity index (χ1v) is 6.44. The first-order valence-electron chi connectivity index (χ1n) is 6.44. The Labute approximate surface area is 118 Å². The summed E-state index contributed by atoms with van der Waals surface area (Å²) >= 11 is 0. The number of carbonyl (C=O) groups is 1. The summed E-state index contributed by atoms with van der Waals surface area (Å²) in [5.74, 6) is 0.257. The van der Waals surface area contributed by atoms with E-state index in [2.05, 4.69) is 24.4 Å². The van der Waals surface area contributed by atoms with Gasteiger partial charge in [0.1, 0.15) is 0 Å². The van der Waals surface area contributed by atoms with Crippen LogP contribution in [0.15, 0.2) is 29.4 Å². The number of non-ortho nitro benzene ring substituents is 1. The summed E-state index contributed by atoms with van der Waals surface area (Å²) in [6.45, 7) is 6.03. The van der Waals surface area contributed by atoms with Gasteiger partial charge in [0.05, 0.1) is 11.3 Å². The minimum absolute atomic E-state index is 0.0138. The lowest BCUT2D eigenvalue weighted by atomic mass is 10.1. The average molecular weight is 277 g/mol. The highest BCUT2D eigenvalue weighted by Gasteiger charge is 2.07. The van der Waals surface area contributed by atoms with E-state index in [1.54, 1.807) is 12.1 Å². The highest BCUT2D eigenvalue weighted by molar-refractivity contribution is 5.85. The predicted molar refractivity (Wildman–Crippen MR) is 77.5 cm³/mol. The second kappa shape index (κ2) is 7.37. The Balaban J connectivity index is 2.52. The van der Waals surface area contributed by atoms with Crippen LogP contribution in [0.25, 0.3) is 0 Å². The quantitative estimate of drug-likeness (QED) is 0.493. The Hall–Kier alpha value is -2.24. The van der Waals surface area contributed by atoms with Gasteiger partial charge >= 0.3 is 0 Å². The third-order valence-electron chi connectivity index (χ3n) is 2.59. The summed E-state index contributed by atoms with van der Waals surface area (Å²) in [4.78, 5) is 21.7. The van der Waals surface area contributed by atoms with Crippen LogP contribution in [-0.2, 0) is 11.2 Å². The van der Waals surface area contributed by atoms with E-state index >= 15 is 0 Å². The maximum atomic E-state index is 11.7. The third-order valence-corrected chi connectivity index (χ3v) is 2.59. The lowest BCUT2D eigenvalue weighted by molar-refractivity contribution is -0.384. The van der Waals surface area contributed by atoms with Gasteiger partial charge < -0.3 is 0 Å². The van der Waals surface area contributed by atoms with Gasteiger partial charge in [-0.1, -0.05) is 26.0 Å². The van der Waals surface area contributed by atoms with Gasteiger partial charge in [0, 0.05) is 17.8 Å². The molecule has 0 atom stereocenters. The monoisotopic (exact) mass is 277 g/mol. The number of amides is 1. The fraction of sp³-hybridized carbons (Fsp3) is 0.429. The number of carbonyl (C=O) groups excluding carboxylic acids is 1. The molecule has 6 heteroatoms. The molecule has 0 radical (unpaired) electrons. The molecule has 20 heavy (non-hydrogen) atoms. The number of rotatable bonds is 6. The molecule has 0 aliphatic rings. The molecule has 108 valence electrons. The second-order valence-electron chi connectivity index (χ2n) is 5.08. The topological polar surface area (TPSA) is 84.6 Å². The van der Waals surface area contributed by atoms with Crippen molar-refractivity contribution < 1.29 is 9.72 Å². The number of nitro benzene ring substituents is 1. The Morgan fingerprint density at radius 2 is 1.95 bits per heavy atom. The van der Waals surface area contributed by atoms with E-state index in [0.29, 0.717) is 11.5 Å². The van der Waals surface area contributed by atoms with E-state index in [1.807, 2.05) is 6.92 Å².